The predicted octanol–water partition coefficient (Wildman–Crippen LogP) is 2.37. The minimum Gasteiger partial charge on any atom is -0.265 e. The van der Waals surface area contributed by atoms with Crippen LogP contribution in [0.2, 0.25) is 0 Å². The molecule has 0 atom stereocenters. The van der Waals surface area contributed by atoms with Gasteiger partial charge in [-0.1, -0.05) is 6.07 Å². The van der Waals surface area contributed by atoms with E-state index < -0.39 is 10.1 Å². The normalized spacial score (nSPS) is 11.7. The first-order valence-corrected chi connectivity index (χ1v) is 6.70. The maximum Gasteiger partial charge on any atom is 0.264 e. The molecule has 0 aliphatic carbocycles. The van der Waals surface area contributed by atoms with Gasteiger partial charge in [-0.25, -0.2) is 4.39 Å². The highest BCUT2D eigenvalue weighted by Crippen LogP contribution is 2.23. The van der Waals surface area contributed by atoms with Crippen LogP contribution in [0.3, 0.4) is 0 Å². The third-order valence-electron chi connectivity index (χ3n) is 1.88. The Morgan fingerprint density at radius 1 is 1.47 bits per heavy atom. The quantitative estimate of drug-likeness (QED) is 0.805. The van der Waals surface area contributed by atoms with Gasteiger partial charge in [-0.15, -0.1) is 0 Å². The summed E-state index contributed by atoms with van der Waals surface area (Å²) >= 11 is 3.07. The molecule has 3 nitrogen and oxygen atoms in total. The lowest BCUT2D eigenvalue weighted by molar-refractivity contribution is 0.310. The second kappa shape index (κ2) is 4.59. The Labute approximate surface area is 96.5 Å². The van der Waals surface area contributed by atoms with E-state index in [0.29, 0.717) is 15.6 Å². The van der Waals surface area contributed by atoms with Gasteiger partial charge in [0.2, 0.25) is 0 Å². The summed E-state index contributed by atoms with van der Waals surface area (Å²) in [6.07, 6.45) is 0.973. The van der Waals surface area contributed by atoms with Crippen molar-refractivity contribution >= 4 is 26.0 Å². The fourth-order valence-electron chi connectivity index (χ4n) is 1.02. The fourth-order valence-corrected chi connectivity index (χ4v) is 1.75. The van der Waals surface area contributed by atoms with E-state index in [1.54, 1.807) is 6.92 Å². The first-order chi connectivity index (χ1) is 6.81. The van der Waals surface area contributed by atoms with Crippen LogP contribution in [-0.4, -0.2) is 14.7 Å². The molecule has 84 valence electrons. The van der Waals surface area contributed by atoms with E-state index >= 15 is 0 Å². The van der Waals surface area contributed by atoms with Gasteiger partial charge in [0.05, 0.1) is 17.3 Å². The molecule has 15 heavy (non-hydrogen) atoms. The zero-order valence-corrected chi connectivity index (χ0v) is 10.7. The molecular formula is C9H10BrFO3S. The molecule has 0 unspecified atom stereocenters. The molecule has 0 aliphatic heterocycles. The van der Waals surface area contributed by atoms with Gasteiger partial charge in [0, 0.05) is 0 Å². The van der Waals surface area contributed by atoms with Gasteiger partial charge < -0.3 is 0 Å². The summed E-state index contributed by atoms with van der Waals surface area (Å²) in [7, 11) is -3.47. The average molecular weight is 297 g/mol. The standard InChI is InChI=1S/C9H10BrFO3S/c1-6-7(5-14-15(2,12)13)3-4-8(11)9(6)10/h3-4H,5H2,1-2H3. The van der Waals surface area contributed by atoms with Crippen LogP contribution in [0.1, 0.15) is 11.1 Å². The Morgan fingerprint density at radius 2 is 2.07 bits per heavy atom. The summed E-state index contributed by atoms with van der Waals surface area (Å²) in [4.78, 5) is 0. The van der Waals surface area contributed by atoms with E-state index in [0.717, 1.165) is 6.26 Å². The van der Waals surface area contributed by atoms with E-state index in [1.807, 2.05) is 0 Å². The SMILES string of the molecule is Cc1c(COS(C)(=O)=O)ccc(F)c1Br. The van der Waals surface area contributed by atoms with Crippen LogP contribution in [0.15, 0.2) is 16.6 Å². The summed E-state index contributed by atoms with van der Waals surface area (Å²) in [5, 5.41) is 0. The van der Waals surface area contributed by atoms with Gasteiger partial charge in [-0.05, 0) is 40.0 Å². The Kier molecular flexibility index (Phi) is 3.86. The Bertz CT molecular complexity index is 470. The Balaban J connectivity index is 2.93. The summed E-state index contributed by atoms with van der Waals surface area (Å²) in [6, 6.07) is 2.76. The smallest absolute Gasteiger partial charge is 0.264 e. The highest BCUT2D eigenvalue weighted by molar-refractivity contribution is 9.10. The maximum absolute atomic E-state index is 13.0. The van der Waals surface area contributed by atoms with Crippen LogP contribution in [0.5, 0.6) is 0 Å². The number of hydrogen-bond acceptors (Lipinski definition) is 3. The van der Waals surface area contributed by atoms with Crippen LogP contribution in [-0.2, 0) is 20.9 Å². The lowest BCUT2D eigenvalue weighted by Crippen LogP contribution is -2.04. The second-order valence-corrected chi connectivity index (χ2v) is 5.55. The van der Waals surface area contributed by atoms with E-state index in [1.165, 1.54) is 12.1 Å². The molecule has 0 N–H and O–H groups in total. The van der Waals surface area contributed by atoms with Gasteiger partial charge in [0.1, 0.15) is 5.82 Å². The first kappa shape index (κ1) is 12.6. The minimum atomic E-state index is -3.47. The van der Waals surface area contributed by atoms with Gasteiger partial charge in [-0.2, -0.15) is 8.42 Å². The Morgan fingerprint density at radius 3 is 2.60 bits per heavy atom. The van der Waals surface area contributed by atoms with Crippen molar-refractivity contribution in [3.8, 4) is 0 Å². The molecule has 0 spiro atoms. The molecule has 1 rings (SSSR count). The summed E-state index contributed by atoms with van der Waals surface area (Å²) < 4.78 is 39.5. The number of hydrogen-bond donors (Lipinski definition) is 0. The highest BCUT2D eigenvalue weighted by Gasteiger charge is 2.09. The van der Waals surface area contributed by atoms with E-state index in [2.05, 4.69) is 20.1 Å². The molecule has 0 saturated carbocycles. The number of halogens is 2. The van der Waals surface area contributed by atoms with Gasteiger partial charge >= 0.3 is 0 Å². The predicted molar refractivity (Wildman–Crippen MR) is 58.5 cm³/mol. The molecule has 0 aromatic heterocycles. The van der Waals surface area contributed by atoms with Crippen LogP contribution >= 0.6 is 15.9 Å². The van der Waals surface area contributed by atoms with E-state index in [4.69, 9.17) is 0 Å². The van der Waals surface area contributed by atoms with Crippen molar-refractivity contribution in [1.29, 1.82) is 0 Å². The third-order valence-corrected chi connectivity index (χ3v) is 3.40. The van der Waals surface area contributed by atoms with Gasteiger partial charge in [0.15, 0.2) is 0 Å². The largest absolute Gasteiger partial charge is 0.265 e. The summed E-state index contributed by atoms with van der Waals surface area (Å²) in [5.41, 5.74) is 1.27. The second-order valence-electron chi connectivity index (χ2n) is 3.11. The third kappa shape index (κ3) is 3.55. The molecular weight excluding hydrogens is 287 g/mol. The Hall–Kier alpha value is -0.460. The fraction of sp³-hybridized carbons (Fsp3) is 0.333. The monoisotopic (exact) mass is 296 g/mol. The van der Waals surface area contributed by atoms with E-state index in [-0.39, 0.29) is 12.4 Å². The highest BCUT2D eigenvalue weighted by atomic mass is 79.9. The van der Waals surface area contributed by atoms with Crippen LogP contribution < -0.4 is 0 Å². The molecule has 1 aromatic carbocycles. The lowest BCUT2D eigenvalue weighted by Gasteiger charge is -2.07. The summed E-state index contributed by atoms with van der Waals surface area (Å²) in [5.74, 6) is -0.379. The van der Waals surface area contributed by atoms with Crippen molar-refractivity contribution in [3.05, 3.63) is 33.5 Å². The molecule has 0 amide bonds. The zero-order chi connectivity index (χ0) is 11.6. The summed E-state index contributed by atoms with van der Waals surface area (Å²) in [6.45, 7) is 1.61. The van der Waals surface area contributed by atoms with Crippen molar-refractivity contribution in [3.63, 3.8) is 0 Å². The number of benzene rings is 1. The molecule has 0 bridgehead atoms. The van der Waals surface area contributed by atoms with Gasteiger partial charge in [-0.3, -0.25) is 4.18 Å². The average Bonchev–Trinajstić information content (AvgIpc) is 2.12. The maximum atomic E-state index is 13.0. The zero-order valence-electron chi connectivity index (χ0n) is 8.25. The van der Waals surface area contributed by atoms with Crippen LogP contribution in [0.4, 0.5) is 4.39 Å². The van der Waals surface area contributed by atoms with Crippen molar-refractivity contribution < 1.29 is 17.0 Å². The molecule has 0 heterocycles. The number of rotatable bonds is 3. The van der Waals surface area contributed by atoms with Crippen LogP contribution in [0.25, 0.3) is 0 Å². The molecule has 0 saturated heterocycles. The van der Waals surface area contributed by atoms with Crippen molar-refractivity contribution in [2.24, 2.45) is 0 Å². The van der Waals surface area contributed by atoms with Crippen molar-refractivity contribution in [1.82, 2.24) is 0 Å². The molecule has 0 aliphatic rings. The molecule has 0 radical (unpaired) electrons. The van der Waals surface area contributed by atoms with E-state index in [9.17, 15) is 12.8 Å². The lowest BCUT2D eigenvalue weighted by atomic mass is 10.1. The first-order valence-electron chi connectivity index (χ1n) is 4.09. The van der Waals surface area contributed by atoms with Crippen molar-refractivity contribution in [2.45, 2.75) is 13.5 Å². The van der Waals surface area contributed by atoms with Gasteiger partial charge in [0.25, 0.3) is 10.1 Å². The van der Waals surface area contributed by atoms with Crippen LogP contribution in [0, 0.1) is 12.7 Å². The topological polar surface area (TPSA) is 43.4 Å². The molecule has 1 aromatic rings. The van der Waals surface area contributed by atoms with Crippen molar-refractivity contribution in [2.75, 3.05) is 6.26 Å². The minimum absolute atomic E-state index is 0.0798. The molecule has 6 heteroatoms. The molecule has 0 fully saturated rings.